The molecule has 0 saturated carbocycles. The van der Waals surface area contributed by atoms with Crippen LogP contribution in [-0.4, -0.2) is 26.0 Å². The van der Waals surface area contributed by atoms with Gasteiger partial charge in [0.15, 0.2) is 0 Å². The van der Waals surface area contributed by atoms with Crippen LogP contribution in [0.2, 0.25) is 10.0 Å². The highest BCUT2D eigenvalue weighted by molar-refractivity contribution is 7.91. The van der Waals surface area contributed by atoms with Gasteiger partial charge >= 0.3 is 0 Å². The molecule has 1 aliphatic heterocycles. The molecule has 1 aromatic rings. The molecule has 0 amide bonds. The minimum atomic E-state index is -2.88. The van der Waals surface area contributed by atoms with Crippen molar-refractivity contribution in [2.24, 2.45) is 0 Å². The van der Waals surface area contributed by atoms with Crippen molar-refractivity contribution < 1.29 is 12.8 Å². The Labute approximate surface area is 128 Å². The van der Waals surface area contributed by atoms with E-state index in [1.165, 1.54) is 12.1 Å². The van der Waals surface area contributed by atoms with Crippen LogP contribution in [0.25, 0.3) is 0 Å². The van der Waals surface area contributed by atoms with Crippen LogP contribution in [0.15, 0.2) is 12.1 Å². The molecule has 0 aromatic heterocycles. The zero-order chi connectivity index (χ0) is 14.9. The van der Waals surface area contributed by atoms with Crippen LogP contribution in [0, 0.1) is 5.82 Å². The van der Waals surface area contributed by atoms with Gasteiger partial charge < -0.3 is 5.32 Å². The average Bonchev–Trinajstić information content (AvgIpc) is 2.36. The van der Waals surface area contributed by atoms with Crippen LogP contribution in [-0.2, 0) is 9.84 Å². The maximum absolute atomic E-state index is 13.5. The first-order chi connectivity index (χ1) is 9.28. The van der Waals surface area contributed by atoms with Gasteiger partial charge in [-0.3, -0.25) is 0 Å². The molecule has 1 aromatic carbocycles. The number of rotatable bonds is 3. The highest BCUT2D eigenvalue weighted by Crippen LogP contribution is 2.29. The lowest BCUT2D eigenvalue weighted by Gasteiger charge is -2.27. The highest BCUT2D eigenvalue weighted by Gasteiger charge is 2.25. The predicted molar refractivity (Wildman–Crippen MR) is 79.6 cm³/mol. The number of nitrogens with one attached hydrogen (secondary N) is 1. The molecule has 0 spiro atoms. The highest BCUT2D eigenvalue weighted by atomic mass is 35.5. The van der Waals surface area contributed by atoms with Crippen molar-refractivity contribution >= 4 is 33.0 Å². The van der Waals surface area contributed by atoms with Gasteiger partial charge in [-0.1, -0.05) is 23.2 Å². The molecule has 0 aliphatic carbocycles. The predicted octanol–water partition coefficient (Wildman–Crippen LogP) is 3.36. The van der Waals surface area contributed by atoms with Gasteiger partial charge in [0.1, 0.15) is 15.7 Å². The van der Waals surface area contributed by atoms with Crippen LogP contribution in [0.1, 0.15) is 31.4 Å². The molecule has 1 saturated heterocycles. The molecule has 2 rings (SSSR count). The lowest BCUT2D eigenvalue weighted by molar-refractivity contribution is 0.419. The Bertz CT molecular complexity index is 593. The Morgan fingerprint density at radius 1 is 1.25 bits per heavy atom. The van der Waals surface area contributed by atoms with E-state index in [1.54, 1.807) is 0 Å². The monoisotopic (exact) mass is 339 g/mol. The minimum absolute atomic E-state index is 0.00490. The summed E-state index contributed by atoms with van der Waals surface area (Å²) in [6, 6.07) is 2.64. The fraction of sp³-hybridized carbons (Fsp3) is 0.538. The second-order valence-corrected chi connectivity index (χ2v) is 8.22. The minimum Gasteiger partial charge on any atom is -0.307 e. The normalized spacial score (nSPS) is 20.8. The third kappa shape index (κ3) is 3.85. The summed E-state index contributed by atoms with van der Waals surface area (Å²) >= 11 is 11.7. The molecule has 1 N–H and O–H groups in total. The van der Waals surface area contributed by atoms with E-state index in [9.17, 15) is 12.8 Å². The standard InChI is InChI=1S/C13H16Cl2FNO2S/c1-8(10-6-13(16)12(15)7-11(10)14)17-9-2-4-20(18,19)5-3-9/h6-9,17H,2-5H2,1H3. The van der Waals surface area contributed by atoms with Gasteiger partial charge in [-0.25, -0.2) is 12.8 Å². The molecular weight excluding hydrogens is 324 g/mol. The number of hydrogen-bond donors (Lipinski definition) is 1. The molecule has 1 atom stereocenters. The lowest BCUT2D eigenvalue weighted by atomic mass is 10.0. The molecule has 20 heavy (non-hydrogen) atoms. The van der Waals surface area contributed by atoms with Crippen molar-refractivity contribution in [2.45, 2.75) is 31.8 Å². The summed E-state index contributed by atoms with van der Waals surface area (Å²) < 4.78 is 36.3. The van der Waals surface area contributed by atoms with Gasteiger partial charge in [0.05, 0.1) is 16.5 Å². The summed E-state index contributed by atoms with van der Waals surface area (Å²) in [7, 11) is -2.88. The summed E-state index contributed by atoms with van der Waals surface area (Å²) in [5.41, 5.74) is 0.627. The summed E-state index contributed by atoms with van der Waals surface area (Å²) in [5, 5.41) is 3.70. The molecule has 1 unspecified atom stereocenters. The van der Waals surface area contributed by atoms with E-state index in [0.29, 0.717) is 23.4 Å². The number of halogens is 3. The average molecular weight is 340 g/mol. The Hall–Kier alpha value is -0.360. The van der Waals surface area contributed by atoms with E-state index >= 15 is 0 Å². The van der Waals surface area contributed by atoms with E-state index < -0.39 is 15.7 Å². The van der Waals surface area contributed by atoms with Crippen molar-refractivity contribution in [2.75, 3.05) is 11.5 Å². The zero-order valence-electron chi connectivity index (χ0n) is 11.0. The molecule has 1 heterocycles. The van der Waals surface area contributed by atoms with Crippen LogP contribution < -0.4 is 5.32 Å². The fourth-order valence-electron chi connectivity index (χ4n) is 2.37. The Morgan fingerprint density at radius 2 is 1.85 bits per heavy atom. The van der Waals surface area contributed by atoms with Crippen LogP contribution >= 0.6 is 23.2 Å². The first-order valence-electron chi connectivity index (χ1n) is 6.39. The summed E-state index contributed by atoms with van der Waals surface area (Å²) in [6.45, 7) is 1.87. The Balaban J connectivity index is 2.06. The molecule has 7 heteroatoms. The van der Waals surface area contributed by atoms with E-state index in [-0.39, 0.29) is 28.6 Å². The maximum Gasteiger partial charge on any atom is 0.150 e. The van der Waals surface area contributed by atoms with E-state index in [1.807, 2.05) is 6.92 Å². The van der Waals surface area contributed by atoms with E-state index in [4.69, 9.17) is 23.2 Å². The van der Waals surface area contributed by atoms with Gasteiger partial charge in [0.25, 0.3) is 0 Å². The molecule has 0 radical (unpaired) electrons. The van der Waals surface area contributed by atoms with Gasteiger partial charge in [0, 0.05) is 17.1 Å². The van der Waals surface area contributed by atoms with Gasteiger partial charge in [-0.05, 0) is 37.5 Å². The van der Waals surface area contributed by atoms with Crippen molar-refractivity contribution in [3.63, 3.8) is 0 Å². The van der Waals surface area contributed by atoms with Crippen molar-refractivity contribution in [1.29, 1.82) is 0 Å². The first kappa shape index (κ1) is 16.0. The third-order valence-corrected chi connectivity index (χ3v) is 5.88. The van der Waals surface area contributed by atoms with Crippen LogP contribution in [0.3, 0.4) is 0 Å². The van der Waals surface area contributed by atoms with Gasteiger partial charge in [0.2, 0.25) is 0 Å². The molecule has 0 bridgehead atoms. The third-order valence-electron chi connectivity index (χ3n) is 3.55. The van der Waals surface area contributed by atoms with E-state index in [2.05, 4.69) is 5.32 Å². The van der Waals surface area contributed by atoms with Crippen molar-refractivity contribution in [3.8, 4) is 0 Å². The molecule has 112 valence electrons. The quantitative estimate of drug-likeness (QED) is 0.859. The second kappa shape index (κ2) is 6.18. The summed E-state index contributed by atoms with van der Waals surface area (Å²) in [4.78, 5) is 0. The van der Waals surface area contributed by atoms with Crippen molar-refractivity contribution in [3.05, 3.63) is 33.6 Å². The number of benzene rings is 1. The Morgan fingerprint density at radius 3 is 2.45 bits per heavy atom. The molecular formula is C13H16Cl2FNO2S. The molecule has 3 nitrogen and oxygen atoms in total. The van der Waals surface area contributed by atoms with Gasteiger partial charge in [-0.2, -0.15) is 0 Å². The fourth-order valence-corrected chi connectivity index (χ4v) is 4.41. The lowest BCUT2D eigenvalue weighted by Crippen LogP contribution is -2.38. The number of hydrogen-bond acceptors (Lipinski definition) is 3. The number of sulfone groups is 1. The van der Waals surface area contributed by atoms with Gasteiger partial charge in [-0.15, -0.1) is 0 Å². The second-order valence-electron chi connectivity index (χ2n) is 5.10. The van der Waals surface area contributed by atoms with E-state index in [0.717, 1.165) is 0 Å². The molecule has 1 fully saturated rings. The smallest absolute Gasteiger partial charge is 0.150 e. The SMILES string of the molecule is CC(NC1CCS(=O)(=O)CC1)c1cc(F)c(Cl)cc1Cl. The topological polar surface area (TPSA) is 46.2 Å². The largest absolute Gasteiger partial charge is 0.307 e. The zero-order valence-corrected chi connectivity index (χ0v) is 13.3. The van der Waals surface area contributed by atoms with Crippen LogP contribution in [0.5, 0.6) is 0 Å². The van der Waals surface area contributed by atoms with Crippen LogP contribution in [0.4, 0.5) is 4.39 Å². The van der Waals surface area contributed by atoms with Crippen molar-refractivity contribution in [1.82, 2.24) is 5.32 Å². The maximum atomic E-state index is 13.5. The molecule has 1 aliphatic rings. The Kier molecular flexibility index (Phi) is 4.95. The summed E-state index contributed by atoms with van der Waals surface area (Å²) in [5.74, 6) is -0.119. The first-order valence-corrected chi connectivity index (χ1v) is 8.97. The summed E-state index contributed by atoms with van der Waals surface area (Å²) in [6.07, 6.45) is 1.14.